The Balaban J connectivity index is 2.28. The highest BCUT2D eigenvalue weighted by atomic mass is 32.2. The topological polar surface area (TPSA) is 121 Å². The fourth-order valence-electron chi connectivity index (χ4n) is 1.99. The van der Waals surface area contributed by atoms with Crippen molar-refractivity contribution in [2.24, 2.45) is 0 Å². The number of aryl methyl sites for hydroxylation is 1. The van der Waals surface area contributed by atoms with Gasteiger partial charge in [-0.15, -0.1) is 0 Å². The summed E-state index contributed by atoms with van der Waals surface area (Å²) in [5.41, 5.74) is -0.283. The number of nitrogens with one attached hydrogen (secondary N) is 2. The zero-order chi connectivity index (χ0) is 14.0. The number of nitrogens with zero attached hydrogens (tertiary/aromatic N) is 1. The molecule has 9 heteroatoms. The number of carbonyl (C=O) groups is 1. The first-order valence-electron chi connectivity index (χ1n) is 5.80. The predicted octanol–water partition coefficient (Wildman–Crippen LogP) is -0.126. The van der Waals surface area contributed by atoms with E-state index in [4.69, 9.17) is 9.84 Å². The molecule has 0 aromatic carbocycles. The highest BCUT2D eigenvalue weighted by molar-refractivity contribution is 7.89. The lowest BCUT2D eigenvalue weighted by molar-refractivity contribution is 0.0685. The first kappa shape index (κ1) is 14.0. The molecule has 1 aromatic heterocycles. The van der Waals surface area contributed by atoms with Crippen molar-refractivity contribution in [3.8, 4) is 0 Å². The van der Waals surface area contributed by atoms with Gasteiger partial charge in [-0.05, 0) is 19.8 Å². The minimum atomic E-state index is -3.90. The van der Waals surface area contributed by atoms with Gasteiger partial charge in [-0.25, -0.2) is 17.9 Å². The van der Waals surface area contributed by atoms with Crippen LogP contribution >= 0.6 is 0 Å². The van der Waals surface area contributed by atoms with Crippen LogP contribution in [-0.4, -0.2) is 48.9 Å². The summed E-state index contributed by atoms with van der Waals surface area (Å²) in [5, 5.41) is 14.8. The molecular weight excluding hydrogens is 274 g/mol. The van der Waals surface area contributed by atoms with Crippen LogP contribution in [0.4, 0.5) is 0 Å². The molecule has 0 aliphatic carbocycles. The molecule has 0 radical (unpaired) electrons. The van der Waals surface area contributed by atoms with Gasteiger partial charge < -0.3 is 9.84 Å². The molecule has 0 amide bonds. The molecule has 1 aliphatic rings. The number of sulfonamides is 1. The van der Waals surface area contributed by atoms with Gasteiger partial charge in [0, 0.05) is 19.3 Å². The summed E-state index contributed by atoms with van der Waals surface area (Å²) in [6.45, 7) is 2.45. The largest absolute Gasteiger partial charge is 0.476 e. The van der Waals surface area contributed by atoms with Crippen molar-refractivity contribution in [2.45, 2.75) is 30.7 Å². The maximum Gasteiger partial charge on any atom is 0.357 e. The summed E-state index contributed by atoms with van der Waals surface area (Å²) < 4.78 is 32.1. The van der Waals surface area contributed by atoms with Crippen molar-refractivity contribution in [1.82, 2.24) is 14.9 Å². The molecule has 19 heavy (non-hydrogen) atoms. The number of hydrogen-bond donors (Lipinski definition) is 3. The van der Waals surface area contributed by atoms with Gasteiger partial charge >= 0.3 is 5.97 Å². The van der Waals surface area contributed by atoms with Crippen molar-refractivity contribution in [2.75, 3.05) is 13.2 Å². The molecule has 106 valence electrons. The first-order chi connectivity index (χ1) is 8.92. The quantitative estimate of drug-likeness (QED) is 0.710. The van der Waals surface area contributed by atoms with Crippen LogP contribution in [0.2, 0.25) is 0 Å². The van der Waals surface area contributed by atoms with E-state index >= 15 is 0 Å². The van der Waals surface area contributed by atoms with Gasteiger partial charge in [0.1, 0.15) is 4.90 Å². The second-order valence-corrected chi connectivity index (χ2v) is 5.99. The molecule has 8 nitrogen and oxygen atoms in total. The number of rotatable bonds is 4. The number of hydrogen-bond acceptors (Lipinski definition) is 5. The van der Waals surface area contributed by atoms with Crippen LogP contribution < -0.4 is 4.72 Å². The lowest BCUT2D eigenvalue weighted by atomic mass is 10.1. The van der Waals surface area contributed by atoms with Gasteiger partial charge in [-0.2, -0.15) is 5.10 Å². The predicted molar refractivity (Wildman–Crippen MR) is 64.4 cm³/mol. The molecular formula is C10H15N3O5S. The van der Waals surface area contributed by atoms with Gasteiger partial charge in [0.2, 0.25) is 10.0 Å². The van der Waals surface area contributed by atoms with Crippen LogP contribution in [0, 0.1) is 6.92 Å². The Bertz CT molecular complexity index is 574. The molecule has 0 atom stereocenters. The SMILES string of the molecule is Cc1[nH]nc(C(=O)O)c1S(=O)(=O)NC1CCOCC1. The smallest absolute Gasteiger partial charge is 0.357 e. The van der Waals surface area contributed by atoms with E-state index in [-0.39, 0.29) is 16.6 Å². The Hall–Kier alpha value is -1.45. The average molecular weight is 289 g/mol. The molecule has 0 unspecified atom stereocenters. The number of aromatic nitrogens is 2. The second kappa shape index (κ2) is 5.27. The minimum Gasteiger partial charge on any atom is -0.476 e. The highest BCUT2D eigenvalue weighted by Crippen LogP contribution is 2.19. The molecule has 1 saturated heterocycles. The fraction of sp³-hybridized carbons (Fsp3) is 0.600. The second-order valence-electron chi connectivity index (χ2n) is 4.34. The maximum atomic E-state index is 12.2. The van der Waals surface area contributed by atoms with Gasteiger partial charge in [0.25, 0.3) is 0 Å². The van der Waals surface area contributed by atoms with Gasteiger partial charge in [0.05, 0.1) is 5.69 Å². The zero-order valence-electron chi connectivity index (χ0n) is 10.3. The van der Waals surface area contributed by atoms with Gasteiger partial charge in [0.15, 0.2) is 5.69 Å². The molecule has 0 bridgehead atoms. The van der Waals surface area contributed by atoms with Crippen molar-refractivity contribution in [3.63, 3.8) is 0 Å². The van der Waals surface area contributed by atoms with Crippen LogP contribution in [0.1, 0.15) is 29.0 Å². The Morgan fingerprint density at radius 2 is 2.11 bits per heavy atom. The number of aromatic amines is 1. The van der Waals surface area contributed by atoms with Gasteiger partial charge in [-0.1, -0.05) is 0 Å². The van der Waals surface area contributed by atoms with E-state index in [9.17, 15) is 13.2 Å². The van der Waals surface area contributed by atoms with E-state index in [1.165, 1.54) is 6.92 Å². The lowest BCUT2D eigenvalue weighted by Gasteiger charge is -2.22. The molecule has 2 heterocycles. The average Bonchev–Trinajstić information content (AvgIpc) is 2.73. The van der Waals surface area contributed by atoms with E-state index in [1.807, 2.05) is 0 Å². The Labute approximate surface area is 110 Å². The number of aromatic carboxylic acids is 1. The monoisotopic (exact) mass is 289 g/mol. The number of ether oxygens (including phenoxy) is 1. The van der Waals surface area contributed by atoms with E-state index in [0.29, 0.717) is 26.1 Å². The lowest BCUT2D eigenvalue weighted by Crippen LogP contribution is -2.39. The summed E-state index contributed by atoms with van der Waals surface area (Å²) >= 11 is 0. The third-order valence-corrected chi connectivity index (χ3v) is 4.59. The van der Waals surface area contributed by atoms with E-state index in [2.05, 4.69) is 14.9 Å². The number of carboxylic acids is 1. The summed E-state index contributed by atoms with van der Waals surface area (Å²) in [6, 6.07) is -0.241. The fourth-order valence-corrected chi connectivity index (χ4v) is 3.62. The standard InChI is InChI=1S/C10H15N3O5S/c1-6-9(8(10(14)15)12-11-6)19(16,17)13-7-2-4-18-5-3-7/h7,13H,2-5H2,1H3,(H,11,12)(H,14,15). The minimum absolute atomic E-state index is 0.206. The molecule has 2 rings (SSSR count). The van der Waals surface area contributed by atoms with E-state index < -0.39 is 21.7 Å². The third-order valence-electron chi connectivity index (χ3n) is 2.91. The molecule has 1 aliphatic heterocycles. The van der Waals surface area contributed by atoms with Crippen LogP contribution in [-0.2, 0) is 14.8 Å². The van der Waals surface area contributed by atoms with Crippen molar-refractivity contribution in [1.29, 1.82) is 0 Å². The Morgan fingerprint density at radius 3 is 2.68 bits per heavy atom. The molecule has 0 spiro atoms. The summed E-state index contributed by atoms with van der Waals surface area (Å²) in [5.74, 6) is -1.38. The molecule has 1 fully saturated rings. The van der Waals surface area contributed by atoms with Gasteiger partial charge in [-0.3, -0.25) is 5.10 Å². The Morgan fingerprint density at radius 1 is 1.47 bits per heavy atom. The molecule has 1 aromatic rings. The van der Waals surface area contributed by atoms with Crippen molar-refractivity contribution in [3.05, 3.63) is 11.4 Å². The van der Waals surface area contributed by atoms with Crippen LogP contribution in [0.3, 0.4) is 0 Å². The highest BCUT2D eigenvalue weighted by Gasteiger charge is 2.30. The Kier molecular flexibility index (Phi) is 3.88. The van der Waals surface area contributed by atoms with Crippen LogP contribution in [0.5, 0.6) is 0 Å². The van der Waals surface area contributed by atoms with Crippen molar-refractivity contribution < 1.29 is 23.1 Å². The van der Waals surface area contributed by atoms with Crippen molar-refractivity contribution >= 4 is 16.0 Å². The van der Waals surface area contributed by atoms with E-state index in [0.717, 1.165) is 0 Å². The normalized spacial score (nSPS) is 17.5. The summed E-state index contributed by atoms with van der Waals surface area (Å²) in [6.07, 6.45) is 1.14. The summed E-state index contributed by atoms with van der Waals surface area (Å²) in [4.78, 5) is 10.7. The third kappa shape index (κ3) is 2.94. The number of carboxylic acid groups (broad SMARTS) is 1. The van der Waals surface area contributed by atoms with E-state index in [1.54, 1.807) is 0 Å². The van der Waals surface area contributed by atoms with Crippen LogP contribution in [0.25, 0.3) is 0 Å². The summed E-state index contributed by atoms with van der Waals surface area (Å²) in [7, 11) is -3.90. The zero-order valence-corrected chi connectivity index (χ0v) is 11.2. The molecule has 3 N–H and O–H groups in total. The maximum absolute atomic E-state index is 12.2. The number of H-pyrrole nitrogens is 1. The molecule has 0 saturated carbocycles. The first-order valence-corrected chi connectivity index (χ1v) is 7.28. The van der Waals surface area contributed by atoms with Crippen LogP contribution in [0.15, 0.2) is 4.90 Å².